The number of hydrogen-bond acceptors (Lipinski definition) is 4. The maximum atomic E-state index is 12.5. The summed E-state index contributed by atoms with van der Waals surface area (Å²) in [7, 11) is 0. The molecule has 3 aromatic rings. The highest BCUT2D eigenvalue weighted by atomic mass is 79.9. The smallest absolute Gasteiger partial charge is 0.246 e. The molecular weight excluding hydrogens is 382 g/mol. The van der Waals surface area contributed by atoms with E-state index in [-0.39, 0.29) is 11.9 Å². The Hall–Kier alpha value is -2.54. The number of rotatable bonds is 5. The van der Waals surface area contributed by atoms with E-state index in [1.807, 2.05) is 61.5 Å². The highest BCUT2D eigenvalue weighted by Crippen LogP contribution is 2.18. The highest BCUT2D eigenvalue weighted by Gasteiger charge is 2.20. The molecule has 2 aromatic carbocycles. The van der Waals surface area contributed by atoms with Crippen molar-refractivity contribution in [2.45, 2.75) is 25.9 Å². The van der Waals surface area contributed by atoms with E-state index in [0.717, 1.165) is 15.6 Å². The third-order valence-electron chi connectivity index (χ3n) is 3.91. The van der Waals surface area contributed by atoms with Crippen LogP contribution in [0, 0.1) is 0 Å². The molecule has 0 radical (unpaired) electrons. The van der Waals surface area contributed by atoms with E-state index in [4.69, 9.17) is 0 Å². The summed E-state index contributed by atoms with van der Waals surface area (Å²) in [6.45, 7) is 3.70. The van der Waals surface area contributed by atoms with Crippen molar-refractivity contribution >= 4 is 21.8 Å². The third-order valence-corrected chi connectivity index (χ3v) is 4.44. The van der Waals surface area contributed by atoms with Gasteiger partial charge in [-0.2, -0.15) is 4.80 Å². The Morgan fingerprint density at radius 1 is 1.08 bits per heavy atom. The quantitative estimate of drug-likeness (QED) is 0.711. The predicted molar refractivity (Wildman–Crippen MR) is 98.7 cm³/mol. The van der Waals surface area contributed by atoms with Crippen molar-refractivity contribution in [3.05, 3.63) is 64.6 Å². The molecule has 7 heteroatoms. The van der Waals surface area contributed by atoms with E-state index < -0.39 is 6.04 Å². The third kappa shape index (κ3) is 4.11. The first-order valence-corrected chi connectivity index (χ1v) is 8.74. The van der Waals surface area contributed by atoms with Gasteiger partial charge in [-0.1, -0.05) is 46.3 Å². The first-order chi connectivity index (χ1) is 12.0. The first kappa shape index (κ1) is 17.3. The summed E-state index contributed by atoms with van der Waals surface area (Å²) in [6, 6.07) is 16.8. The van der Waals surface area contributed by atoms with Crippen molar-refractivity contribution < 1.29 is 4.79 Å². The Bertz CT molecular complexity index is 847. The lowest BCUT2D eigenvalue weighted by Crippen LogP contribution is -2.33. The summed E-state index contributed by atoms with van der Waals surface area (Å²) in [5, 5.41) is 15.4. The number of nitrogens with one attached hydrogen (secondary N) is 1. The van der Waals surface area contributed by atoms with E-state index in [2.05, 4.69) is 36.7 Å². The second-order valence-electron chi connectivity index (χ2n) is 5.76. The molecule has 0 aliphatic heterocycles. The van der Waals surface area contributed by atoms with Crippen LogP contribution in [-0.2, 0) is 4.79 Å². The fraction of sp³-hybridized carbons (Fsp3) is 0.222. The van der Waals surface area contributed by atoms with Gasteiger partial charge < -0.3 is 5.32 Å². The molecule has 0 aliphatic rings. The minimum atomic E-state index is -0.553. The number of tetrazole rings is 1. The van der Waals surface area contributed by atoms with Gasteiger partial charge >= 0.3 is 0 Å². The number of hydrogen-bond donors (Lipinski definition) is 1. The van der Waals surface area contributed by atoms with Crippen LogP contribution in [0.15, 0.2) is 59.1 Å². The van der Waals surface area contributed by atoms with Crippen LogP contribution in [0.1, 0.15) is 31.5 Å². The average molecular weight is 400 g/mol. The molecule has 0 bridgehead atoms. The van der Waals surface area contributed by atoms with E-state index in [9.17, 15) is 4.79 Å². The van der Waals surface area contributed by atoms with Gasteiger partial charge in [-0.15, -0.1) is 10.2 Å². The topological polar surface area (TPSA) is 72.7 Å². The SMILES string of the molecule is CC(NC(=O)C(C)n1nnc(-c2ccc(Br)cc2)n1)c1ccccc1. The molecule has 0 aliphatic carbocycles. The summed E-state index contributed by atoms with van der Waals surface area (Å²) < 4.78 is 0.978. The lowest BCUT2D eigenvalue weighted by Gasteiger charge is -2.17. The number of nitrogens with zero attached hydrogens (tertiary/aromatic N) is 4. The van der Waals surface area contributed by atoms with E-state index >= 15 is 0 Å². The Labute approximate surface area is 154 Å². The van der Waals surface area contributed by atoms with Crippen molar-refractivity contribution in [1.29, 1.82) is 0 Å². The Kier molecular flexibility index (Phi) is 5.23. The zero-order chi connectivity index (χ0) is 17.8. The van der Waals surface area contributed by atoms with Gasteiger partial charge in [0.15, 0.2) is 0 Å². The van der Waals surface area contributed by atoms with Crippen molar-refractivity contribution in [3.8, 4) is 11.4 Å². The summed E-state index contributed by atoms with van der Waals surface area (Å²) in [5.74, 6) is 0.333. The van der Waals surface area contributed by atoms with Gasteiger partial charge in [-0.25, -0.2) is 0 Å². The zero-order valence-electron chi connectivity index (χ0n) is 13.9. The summed E-state index contributed by atoms with van der Waals surface area (Å²) in [5.41, 5.74) is 1.89. The van der Waals surface area contributed by atoms with Crippen LogP contribution in [0.5, 0.6) is 0 Å². The molecule has 1 aromatic heterocycles. The van der Waals surface area contributed by atoms with Gasteiger partial charge in [0.1, 0.15) is 6.04 Å². The molecule has 0 spiro atoms. The van der Waals surface area contributed by atoms with Gasteiger partial charge in [0.25, 0.3) is 0 Å². The van der Waals surface area contributed by atoms with E-state index in [0.29, 0.717) is 5.82 Å². The molecular formula is C18H18BrN5O. The molecule has 2 unspecified atom stereocenters. The first-order valence-electron chi connectivity index (χ1n) is 7.95. The van der Waals surface area contributed by atoms with Crippen LogP contribution in [0.2, 0.25) is 0 Å². The maximum Gasteiger partial charge on any atom is 0.246 e. The van der Waals surface area contributed by atoms with Crippen LogP contribution < -0.4 is 5.32 Å². The second-order valence-corrected chi connectivity index (χ2v) is 6.67. The monoisotopic (exact) mass is 399 g/mol. The van der Waals surface area contributed by atoms with Gasteiger partial charge in [0, 0.05) is 10.0 Å². The minimum absolute atomic E-state index is 0.0920. The normalized spacial score (nSPS) is 13.2. The molecule has 0 saturated heterocycles. The largest absolute Gasteiger partial charge is 0.348 e. The van der Waals surface area contributed by atoms with Gasteiger partial charge in [-0.05, 0) is 48.9 Å². The molecule has 0 fully saturated rings. The molecule has 1 heterocycles. The van der Waals surface area contributed by atoms with Crippen LogP contribution in [0.25, 0.3) is 11.4 Å². The minimum Gasteiger partial charge on any atom is -0.348 e. The van der Waals surface area contributed by atoms with Crippen molar-refractivity contribution in [2.24, 2.45) is 0 Å². The molecule has 128 valence electrons. The second kappa shape index (κ2) is 7.57. The van der Waals surface area contributed by atoms with Gasteiger partial charge in [-0.3, -0.25) is 4.79 Å². The Morgan fingerprint density at radius 3 is 2.44 bits per heavy atom. The Morgan fingerprint density at radius 2 is 1.76 bits per heavy atom. The fourth-order valence-corrected chi connectivity index (χ4v) is 2.63. The number of amides is 1. The fourth-order valence-electron chi connectivity index (χ4n) is 2.37. The van der Waals surface area contributed by atoms with Crippen LogP contribution in [0.3, 0.4) is 0 Å². The predicted octanol–water partition coefficient (Wildman–Crippen LogP) is 3.54. The molecule has 6 nitrogen and oxygen atoms in total. The summed E-state index contributed by atoms with van der Waals surface area (Å²) in [4.78, 5) is 13.8. The number of carbonyl (C=O) groups excluding carboxylic acids is 1. The molecule has 3 rings (SSSR count). The van der Waals surface area contributed by atoms with Crippen LogP contribution >= 0.6 is 15.9 Å². The Balaban J connectivity index is 1.69. The number of benzene rings is 2. The lowest BCUT2D eigenvalue weighted by molar-refractivity contribution is -0.125. The van der Waals surface area contributed by atoms with Crippen molar-refractivity contribution in [3.63, 3.8) is 0 Å². The highest BCUT2D eigenvalue weighted by molar-refractivity contribution is 9.10. The molecule has 2 atom stereocenters. The van der Waals surface area contributed by atoms with Crippen molar-refractivity contribution in [2.75, 3.05) is 0 Å². The number of aromatic nitrogens is 4. The van der Waals surface area contributed by atoms with Gasteiger partial charge in [0.2, 0.25) is 11.7 Å². The maximum absolute atomic E-state index is 12.5. The number of halogens is 1. The summed E-state index contributed by atoms with van der Waals surface area (Å²) >= 11 is 3.39. The van der Waals surface area contributed by atoms with E-state index in [1.54, 1.807) is 6.92 Å². The van der Waals surface area contributed by atoms with Crippen LogP contribution in [0.4, 0.5) is 0 Å². The molecule has 1 N–H and O–H groups in total. The van der Waals surface area contributed by atoms with Crippen LogP contribution in [-0.4, -0.2) is 26.1 Å². The molecule has 25 heavy (non-hydrogen) atoms. The zero-order valence-corrected chi connectivity index (χ0v) is 15.5. The lowest BCUT2D eigenvalue weighted by atomic mass is 10.1. The number of carbonyl (C=O) groups is 1. The standard InChI is InChI=1S/C18H18BrN5O/c1-12(14-6-4-3-5-7-14)20-18(25)13(2)24-22-17(21-23-24)15-8-10-16(19)11-9-15/h3-13H,1-2H3,(H,20,25). The van der Waals surface area contributed by atoms with Crippen molar-refractivity contribution in [1.82, 2.24) is 25.5 Å². The van der Waals surface area contributed by atoms with Gasteiger partial charge in [0.05, 0.1) is 6.04 Å². The average Bonchev–Trinajstić information content (AvgIpc) is 3.12. The summed E-state index contributed by atoms with van der Waals surface area (Å²) in [6.07, 6.45) is 0. The van der Waals surface area contributed by atoms with E-state index in [1.165, 1.54) is 4.80 Å². The molecule has 0 saturated carbocycles. The molecule has 1 amide bonds.